The number of hydrogen-bond donors (Lipinski definition) is 2. The molecule has 34 heavy (non-hydrogen) atoms. The van der Waals surface area contributed by atoms with Gasteiger partial charge in [0.1, 0.15) is 11.5 Å². The molecule has 1 fully saturated rings. The highest BCUT2D eigenvalue weighted by Gasteiger charge is 2.35. The van der Waals surface area contributed by atoms with Gasteiger partial charge in [0.2, 0.25) is 11.8 Å². The van der Waals surface area contributed by atoms with E-state index < -0.39 is 17.7 Å². The first-order valence-corrected chi connectivity index (χ1v) is 10.9. The minimum Gasteiger partial charge on any atom is -0.497 e. The summed E-state index contributed by atoms with van der Waals surface area (Å²) < 4.78 is 10.9. The zero-order chi connectivity index (χ0) is 23.9. The quantitative estimate of drug-likeness (QED) is 0.530. The molecule has 1 saturated heterocycles. The topological polar surface area (TPSA) is 97.0 Å². The molecular formula is C26H25N3O5. The second-order valence-corrected chi connectivity index (χ2v) is 7.80. The van der Waals surface area contributed by atoms with Gasteiger partial charge >= 0.3 is 0 Å². The number of carbonyl (C=O) groups is 3. The van der Waals surface area contributed by atoms with Crippen LogP contribution in [0.15, 0.2) is 78.9 Å². The van der Waals surface area contributed by atoms with Gasteiger partial charge in [-0.25, -0.2) is 0 Å². The second-order valence-electron chi connectivity index (χ2n) is 7.80. The highest BCUT2D eigenvalue weighted by Crippen LogP contribution is 2.30. The number of nitrogens with one attached hydrogen (secondary N) is 2. The summed E-state index contributed by atoms with van der Waals surface area (Å²) in [5.41, 5.74) is 7.26. The molecule has 1 aliphatic rings. The monoisotopic (exact) mass is 459 g/mol. The fourth-order valence-electron chi connectivity index (χ4n) is 3.77. The van der Waals surface area contributed by atoms with Crippen LogP contribution in [0.3, 0.4) is 0 Å². The molecule has 2 N–H and O–H groups in total. The van der Waals surface area contributed by atoms with E-state index in [0.29, 0.717) is 17.2 Å². The Labute approximate surface area is 197 Å². The first-order chi connectivity index (χ1) is 16.5. The summed E-state index contributed by atoms with van der Waals surface area (Å²) in [6, 6.07) is 24.2. The number of methoxy groups -OCH3 is 1. The molecule has 0 spiro atoms. The Morgan fingerprint density at radius 1 is 0.971 bits per heavy atom. The SMILES string of the molecule is COc1cccc(N2CC(C(=O)NNC(=O)COc3ccccc3-c3ccccc3)CC2=O)c1. The van der Waals surface area contributed by atoms with Gasteiger partial charge in [-0.1, -0.05) is 54.6 Å². The van der Waals surface area contributed by atoms with Crippen LogP contribution in [0.1, 0.15) is 6.42 Å². The number of hydrazine groups is 1. The van der Waals surface area contributed by atoms with Crippen molar-refractivity contribution in [3.05, 3.63) is 78.9 Å². The minimum atomic E-state index is -0.585. The average molecular weight is 460 g/mol. The molecule has 4 rings (SSSR count). The van der Waals surface area contributed by atoms with E-state index in [1.165, 1.54) is 4.90 Å². The van der Waals surface area contributed by atoms with E-state index in [9.17, 15) is 14.4 Å². The van der Waals surface area contributed by atoms with Crippen LogP contribution < -0.4 is 25.2 Å². The average Bonchev–Trinajstić information content (AvgIpc) is 3.28. The molecular weight excluding hydrogens is 434 g/mol. The summed E-state index contributed by atoms with van der Waals surface area (Å²) in [6.07, 6.45) is 0.0554. The lowest BCUT2D eigenvalue weighted by atomic mass is 10.1. The highest BCUT2D eigenvalue weighted by atomic mass is 16.5. The van der Waals surface area contributed by atoms with Crippen molar-refractivity contribution in [1.29, 1.82) is 0 Å². The molecule has 1 aliphatic heterocycles. The molecule has 0 saturated carbocycles. The smallest absolute Gasteiger partial charge is 0.276 e. The van der Waals surface area contributed by atoms with Crippen LogP contribution in [0.2, 0.25) is 0 Å². The van der Waals surface area contributed by atoms with E-state index in [-0.39, 0.29) is 25.5 Å². The molecule has 3 amide bonds. The van der Waals surface area contributed by atoms with Gasteiger partial charge in [-0.3, -0.25) is 25.2 Å². The Hall–Kier alpha value is -4.33. The second kappa shape index (κ2) is 10.5. The molecule has 0 radical (unpaired) electrons. The number of ether oxygens (including phenoxy) is 2. The zero-order valence-electron chi connectivity index (χ0n) is 18.7. The Morgan fingerprint density at radius 3 is 2.53 bits per heavy atom. The van der Waals surface area contributed by atoms with Gasteiger partial charge in [0, 0.05) is 30.3 Å². The van der Waals surface area contributed by atoms with Gasteiger partial charge in [0.15, 0.2) is 6.61 Å². The van der Waals surface area contributed by atoms with Crippen molar-refractivity contribution < 1.29 is 23.9 Å². The fourth-order valence-corrected chi connectivity index (χ4v) is 3.77. The number of nitrogens with zero attached hydrogens (tertiary/aromatic N) is 1. The van der Waals surface area contributed by atoms with Crippen molar-refractivity contribution in [2.45, 2.75) is 6.42 Å². The summed E-state index contributed by atoms with van der Waals surface area (Å²) >= 11 is 0. The molecule has 3 aromatic carbocycles. The van der Waals surface area contributed by atoms with Crippen molar-refractivity contribution in [2.75, 3.05) is 25.2 Å². The summed E-state index contributed by atoms with van der Waals surface area (Å²) in [7, 11) is 1.55. The molecule has 3 aromatic rings. The zero-order valence-corrected chi connectivity index (χ0v) is 18.7. The fraction of sp³-hybridized carbons (Fsp3) is 0.192. The lowest BCUT2D eigenvalue weighted by Crippen LogP contribution is -2.46. The van der Waals surface area contributed by atoms with Gasteiger partial charge in [0.05, 0.1) is 13.0 Å². The van der Waals surface area contributed by atoms with Gasteiger partial charge < -0.3 is 14.4 Å². The van der Waals surface area contributed by atoms with Crippen LogP contribution in [0.5, 0.6) is 11.5 Å². The molecule has 174 valence electrons. The van der Waals surface area contributed by atoms with Crippen LogP contribution in [-0.2, 0) is 14.4 Å². The Morgan fingerprint density at radius 2 is 1.74 bits per heavy atom. The Kier molecular flexibility index (Phi) is 7.07. The van der Waals surface area contributed by atoms with E-state index in [1.807, 2.05) is 48.5 Å². The number of benzene rings is 3. The molecule has 0 bridgehead atoms. The molecule has 1 heterocycles. The number of para-hydroxylation sites is 1. The lowest BCUT2D eigenvalue weighted by molar-refractivity contribution is -0.132. The molecule has 1 unspecified atom stereocenters. The molecule has 0 aromatic heterocycles. The summed E-state index contributed by atoms with van der Waals surface area (Å²) in [5.74, 6) is -0.508. The lowest BCUT2D eigenvalue weighted by Gasteiger charge is -2.17. The predicted octanol–water partition coefficient (Wildman–Crippen LogP) is 2.94. The summed E-state index contributed by atoms with van der Waals surface area (Å²) in [4.78, 5) is 38.8. The largest absolute Gasteiger partial charge is 0.497 e. The van der Waals surface area contributed by atoms with Crippen molar-refractivity contribution in [3.8, 4) is 22.6 Å². The van der Waals surface area contributed by atoms with Gasteiger partial charge in [-0.15, -0.1) is 0 Å². The predicted molar refractivity (Wildman–Crippen MR) is 127 cm³/mol. The molecule has 8 heteroatoms. The van der Waals surface area contributed by atoms with E-state index in [4.69, 9.17) is 9.47 Å². The Balaban J connectivity index is 1.29. The maximum atomic E-state index is 12.5. The third-order valence-electron chi connectivity index (χ3n) is 5.52. The number of anilines is 1. The highest BCUT2D eigenvalue weighted by molar-refractivity contribution is 6.00. The van der Waals surface area contributed by atoms with E-state index in [1.54, 1.807) is 37.4 Å². The van der Waals surface area contributed by atoms with Crippen molar-refractivity contribution >= 4 is 23.4 Å². The van der Waals surface area contributed by atoms with Crippen molar-refractivity contribution in [1.82, 2.24) is 10.9 Å². The first-order valence-electron chi connectivity index (χ1n) is 10.9. The van der Waals surface area contributed by atoms with Crippen LogP contribution in [0.4, 0.5) is 5.69 Å². The molecule has 1 atom stereocenters. The third-order valence-corrected chi connectivity index (χ3v) is 5.52. The maximum absolute atomic E-state index is 12.5. The van der Waals surface area contributed by atoms with E-state index in [0.717, 1.165) is 11.1 Å². The van der Waals surface area contributed by atoms with Gasteiger partial charge in [0.25, 0.3) is 5.91 Å². The number of carbonyl (C=O) groups excluding carboxylic acids is 3. The normalized spacial score (nSPS) is 15.0. The number of amides is 3. The van der Waals surface area contributed by atoms with E-state index in [2.05, 4.69) is 10.9 Å². The van der Waals surface area contributed by atoms with Crippen LogP contribution in [-0.4, -0.2) is 38.0 Å². The first kappa shape index (κ1) is 22.8. The maximum Gasteiger partial charge on any atom is 0.276 e. The molecule has 8 nitrogen and oxygen atoms in total. The third kappa shape index (κ3) is 5.35. The van der Waals surface area contributed by atoms with E-state index >= 15 is 0 Å². The van der Waals surface area contributed by atoms with Crippen LogP contribution in [0.25, 0.3) is 11.1 Å². The number of rotatable bonds is 7. The minimum absolute atomic E-state index is 0.0554. The Bertz CT molecular complexity index is 1180. The standard InChI is InChI=1S/C26H25N3O5/c1-33-21-11-7-10-20(15-21)29-16-19(14-25(29)31)26(32)28-27-24(30)17-34-23-13-6-5-12-22(23)18-8-3-2-4-9-18/h2-13,15,19H,14,16-17H2,1H3,(H,27,30)(H,28,32). The number of hydrogen-bond acceptors (Lipinski definition) is 5. The summed E-state index contributed by atoms with van der Waals surface area (Å²) in [5, 5.41) is 0. The van der Waals surface area contributed by atoms with Gasteiger partial charge in [-0.05, 0) is 23.8 Å². The van der Waals surface area contributed by atoms with Crippen LogP contribution >= 0.6 is 0 Å². The summed E-state index contributed by atoms with van der Waals surface area (Å²) in [6.45, 7) is -0.0572. The van der Waals surface area contributed by atoms with Crippen molar-refractivity contribution in [2.24, 2.45) is 5.92 Å². The molecule has 0 aliphatic carbocycles. The van der Waals surface area contributed by atoms with Crippen molar-refractivity contribution in [3.63, 3.8) is 0 Å². The van der Waals surface area contributed by atoms with Crippen LogP contribution in [0, 0.1) is 5.92 Å². The van der Waals surface area contributed by atoms with Gasteiger partial charge in [-0.2, -0.15) is 0 Å².